The molecule has 2 rings (SSSR count). The summed E-state index contributed by atoms with van der Waals surface area (Å²) in [5.41, 5.74) is 2.48. The van der Waals surface area contributed by atoms with Crippen LogP contribution in [-0.4, -0.2) is 35.8 Å². The van der Waals surface area contributed by atoms with Crippen LogP contribution in [0.4, 0.5) is 0 Å². The van der Waals surface area contributed by atoms with E-state index in [9.17, 15) is 4.79 Å². The lowest BCUT2D eigenvalue weighted by atomic mass is 10.2. The van der Waals surface area contributed by atoms with Gasteiger partial charge in [0.25, 0.3) is 5.91 Å². The molecule has 1 amide bonds. The number of hydrogen-bond acceptors (Lipinski definition) is 4. The highest BCUT2D eigenvalue weighted by Gasteiger charge is 2.17. The Bertz CT molecular complexity index is 619. The lowest BCUT2D eigenvalue weighted by Crippen LogP contribution is -2.30. The molecule has 116 valence electrons. The Hall–Kier alpha value is -1.79. The molecule has 0 aliphatic rings. The predicted molar refractivity (Wildman–Crippen MR) is 83.5 cm³/mol. The van der Waals surface area contributed by atoms with Gasteiger partial charge in [0.2, 0.25) is 0 Å². The third-order valence-electron chi connectivity index (χ3n) is 3.18. The maximum atomic E-state index is 12.1. The van der Waals surface area contributed by atoms with E-state index in [-0.39, 0.29) is 18.3 Å². The predicted octanol–water partition coefficient (Wildman–Crippen LogP) is 1.76. The van der Waals surface area contributed by atoms with Crippen molar-refractivity contribution < 1.29 is 9.32 Å². The van der Waals surface area contributed by atoms with E-state index < -0.39 is 0 Å². The van der Waals surface area contributed by atoms with Crippen LogP contribution < -0.4 is 10.6 Å². The molecule has 6 nitrogen and oxygen atoms in total. The van der Waals surface area contributed by atoms with Crippen molar-refractivity contribution in [2.75, 3.05) is 20.1 Å². The average molecular weight is 313 g/mol. The number of nitrogens with zero attached hydrogens (tertiary/aromatic N) is 2. The molecule has 0 atom stereocenters. The minimum absolute atomic E-state index is 0. The molecular formula is C14H21ClN4O2. The number of likely N-dealkylation sites (N-methyl/N-ethyl adjacent to an activating group) is 1. The maximum Gasteiger partial charge on any atom is 0.253 e. The number of rotatable bonds is 5. The molecule has 2 heterocycles. The van der Waals surface area contributed by atoms with Gasteiger partial charge in [-0.15, -0.1) is 12.4 Å². The number of carbonyl (C=O) groups is 1. The lowest BCUT2D eigenvalue weighted by Gasteiger charge is -2.06. The van der Waals surface area contributed by atoms with Crippen molar-refractivity contribution in [3.63, 3.8) is 0 Å². The van der Waals surface area contributed by atoms with E-state index >= 15 is 0 Å². The number of aromatic nitrogens is 2. The fraction of sp³-hybridized carbons (Fsp3) is 0.429. The number of carbonyl (C=O) groups excluding carboxylic acids is 1. The Morgan fingerprint density at radius 1 is 1.29 bits per heavy atom. The first-order valence-electron chi connectivity index (χ1n) is 6.60. The standard InChI is InChI=1S/C14H20N4O2.ClH/c1-9-7-12(14(19)16-6-5-15-4)11(3)18(9)13-8-10(2)20-17-13;/h7-8,15H,5-6H2,1-4H3,(H,16,19);1H. The van der Waals surface area contributed by atoms with Crippen LogP contribution in [0.1, 0.15) is 27.5 Å². The third kappa shape index (κ3) is 3.65. The molecule has 0 saturated heterocycles. The van der Waals surface area contributed by atoms with Crippen LogP contribution >= 0.6 is 12.4 Å². The summed E-state index contributed by atoms with van der Waals surface area (Å²) in [7, 11) is 1.85. The van der Waals surface area contributed by atoms with Gasteiger partial charge in [-0.05, 0) is 33.9 Å². The van der Waals surface area contributed by atoms with Gasteiger partial charge in [0.15, 0.2) is 5.82 Å². The van der Waals surface area contributed by atoms with E-state index in [1.165, 1.54) is 0 Å². The monoisotopic (exact) mass is 312 g/mol. The molecular weight excluding hydrogens is 292 g/mol. The Morgan fingerprint density at radius 2 is 2.00 bits per heavy atom. The molecule has 2 N–H and O–H groups in total. The van der Waals surface area contributed by atoms with Gasteiger partial charge in [-0.1, -0.05) is 5.16 Å². The van der Waals surface area contributed by atoms with Crippen molar-refractivity contribution in [2.24, 2.45) is 0 Å². The van der Waals surface area contributed by atoms with E-state index in [0.29, 0.717) is 17.9 Å². The van der Waals surface area contributed by atoms with E-state index in [1.807, 2.05) is 44.5 Å². The molecule has 0 aliphatic carbocycles. The van der Waals surface area contributed by atoms with Gasteiger partial charge >= 0.3 is 0 Å². The second kappa shape index (κ2) is 7.28. The van der Waals surface area contributed by atoms with Crippen LogP contribution in [0.25, 0.3) is 5.82 Å². The van der Waals surface area contributed by atoms with Crippen molar-refractivity contribution in [3.05, 3.63) is 34.8 Å². The summed E-state index contributed by atoms with van der Waals surface area (Å²) in [6.45, 7) is 7.04. The summed E-state index contributed by atoms with van der Waals surface area (Å²) in [6, 6.07) is 3.72. The van der Waals surface area contributed by atoms with Crippen LogP contribution in [0.2, 0.25) is 0 Å². The van der Waals surface area contributed by atoms with Gasteiger partial charge in [-0.2, -0.15) is 0 Å². The number of halogens is 1. The van der Waals surface area contributed by atoms with Crippen LogP contribution in [0.5, 0.6) is 0 Å². The second-order valence-corrected chi connectivity index (χ2v) is 4.78. The molecule has 0 spiro atoms. The molecule has 7 heteroatoms. The van der Waals surface area contributed by atoms with Crippen molar-refractivity contribution in [1.82, 2.24) is 20.4 Å². The van der Waals surface area contributed by atoms with Crippen molar-refractivity contribution >= 4 is 18.3 Å². The van der Waals surface area contributed by atoms with Crippen LogP contribution in [-0.2, 0) is 0 Å². The highest BCUT2D eigenvalue weighted by atomic mass is 35.5. The number of amides is 1. The van der Waals surface area contributed by atoms with Crippen LogP contribution in [0.15, 0.2) is 16.7 Å². The maximum absolute atomic E-state index is 12.1. The Kier molecular flexibility index (Phi) is 5.99. The Balaban J connectivity index is 0.00000220. The summed E-state index contributed by atoms with van der Waals surface area (Å²) in [6.07, 6.45) is 0. The molecule has 0 aliphatic heterocycles. The molecule has 0 aromatic carbocycles. The van der Waals surface area contributed by atoms with Gasteiger partial charge < -0.3 is 15.2 Å². The Morgan fingerprint density at radius 3 is 2.57 bits per heavy atom. The smallest absolute Gasteiger partial charge is 0.253 e. The first-order chi connectivity index (χ1) is 9.54. The second-order valence-electron chi connectivity index (χ2n) is 4.78. The first kappa shape index (κ1) is 17.3. The molecule has 0 radical (unpaired) electrons. The quantitative estimate of drug-likeness (QED) is 0.825. The van der Waals surface area contributed by atoms with Crippen molar-refractivity contribution in [2.45, 2.75) is 20.8 Å². The number of hydrogen-bond donors (Lipinski definition) is 2. The highest BCUT2D eigenvalue weighted by molar-refractivity contribution is 5.95. The zero-order valence-corrected chi connectivity index (χ0v) is 13.5. The molecule has 0 saturated carbocycles. The minimum Gasteiger partial charge on any atom is -0.360 e. The van der Waals surface area contributed by atoms with Gasteiger partial charge in [-0.25, -0.2) is 0 Å². The van der Waals surface area contributed by atoms with E-state index in [0.717, 1.165) is 23.7 Å². The normalized spacial score (nSPS) is 10.3. The van der Waals surface area contributed by atoms with Crippen molar-refractivity contribution in [3.8, 4) is 5.82 Å². The SMILES string of the molecule is CNCCNC(=O)c1cc(C)n(-c2cc(C)on2)c1C.Cl. The van der Waals surface area contributed by atoms with Crippen LogP contribution in [0, 0.1) is 20.8 Å². The average Bonchev–Trinajstić information content (AvgIpc) is 2.93. The fourth-order valence-electron chi connectivity index (χ4n) is 2.20. The highest BCUT2D eigenvalue weighted by Crippen LogP contribution is 2.20. The third-order valence-corrected chi connectivity index (χ3v) is 3.18. The molecule has 0 fully saturated rings. The summed E-state index contributed by atoms with van der Waals surface area (Å²) in [5.74, 6) is 1.37. The zero-order chi connectivity index (χ0) is 14.7. The minimum atomic E-state index is -0.0696. The largest absolute Gasteiger partial charge is 0.360 e. The van der Waals surface area contributed by atoms with Crippen molar-refractivity contribution in [1.29, 1.82) is 0 Å². The van der Waals surface area contributed by atoms with Gasteiger partial charge in [0.05, 0.1) is 5.56 Å². The molecule has 0 unspecified atom stereocenters. The number of nitrogens with one attached hydrogen (secondary N) is 2. The zero-order valence-electron chi connectivity index (χ0n) is 12.7. The van der Waals surface area contributed by atoms with E-state index in [1.54, 1.807) is 0 Å². The van der Waals surface area contributed by atoms with Gasteiger partial charge in [0, 0.05) is 30.5 Å². The fourth-order valence-corrected chi connectivity index (χ4v) is 2.20. The van der Waals surface area contributed by atoms with Gasteiger partial charge in [-0.3, -0.25) is 9.36 Å². The summed E-state index contributed by atoms with van der Waals surface area (Å²) in [4.78, 5) is 12.1. The van der Waals surface area contributed by atoms with E-state index in [2.05, 4.69) is 15.8 Å². The number of aryl methyl sites for hydroxylation is 2. The molecule has 2 aromatic rings. The molecule has 0 bridgehead atoms. The van der Waals surface area contributed by atoms with Crippen LogP contribution in [0.3, 0.4) is 0 Å². The summed E-state index contributed by atoms with van der Waals surface area (Å²) < 4.78 is 7.02. The summed E-state index contributed by atoms with van der Waals surface area (Å²) >= 11 is 0. The topological polar surface area (TPSA) is 72.1 Å². The summed E-state index contributed by atoms with van der Waals surface area (Å²) in [5, 5.41) is 9.87. The van der Waals surface area contributed by atoms with Gasteiger partial charge in [0.1, 0.15) is 5.76 Å². The Labute approximate surface area is 130 Å². The lowest BCUT2D eigenvalue weighted by molar-refractivity contribution is 0.0953. The molecule has 21 heavy (non-hydrogen) atoms. The van der Waals surface area contributed by atoms with E-state index in [4.69, 9.17) is 4.52 Å². The first-order valence-corrected chi connectivity index (χ1v) is 6.60. The molecule has 2 aromatic heterocycles.